The van der Waals surface area contributed by atoms with Gasteiger partial charge in [-0.25, -0.2) is 4.79 Å². The Morgan fingerprint density at radius 2 is 1.77 bits per heavy atom. The fraction of sp³-hybridized carbons (Fsp3) is 0.259. The maximum absolute atomic E-state index is 13.0. The van der Waals surface area contributed by atoms with Gasteiger partial charge in [0.15, 0.2) is 5.78 Å². The maximum atomic E-state index is 13.0. The highest BCUT2D eigenvalue weighted by atomic mass is 16.2. The number of benzene rings is 2. The Kier molecular flexibility index (Phi) is 8.95. The fourth-order valence-corrected chi connectivity index (χ4v) is 3.49. The van der Waals surface area contributed by atoms with Gasteiger partial charge in [0.25, 0.3) is 5.91 Å². The van der Waals surface area contributed by atoms with E-state index in [9.17, 15) is 14.4 Å². The molecule has 0 aliphatic heterocycles. The van der Waals surface area contributed by atoms with Crippen molar-refractivity contribution < 1.29 is 14.4 Å². The van der Waals surface area contributed by atoms with Crippen molar-refractivity contribution in [2.24, 2.45) is 0 Å². The number of urea groups is 1. The summed E-state index contributed by atoms with van der Waals surface area (Å²) in [5.41, 5.74) is 9.03. The zero-order valence-corrected chi connectivity index (χ0v) is 20.1. The van der Waals surface area contributed by atoms with E-state index in [1.54, 1.807) is 71.8 Å². The number of hydrogen-bond acceptors (Lipinski definition) is 5. The maximum Gasteiger partial charge on any atom is 0.322 e. The van der Waals surface area contributed by atoms with Gasteiger partial charge in [-0.15, -0.1) is 0 Å². The molecule has 0 saturated heterocycles. The van der Waals surface area contributed by atoms with Crippen LogP contribution in [0.5, 0.6) is 0 Å². The predicted octanol–water partition coefficient (Wildman–Crippen LogP) is 5.34. The van der Waals surface area contributed by atoms with Gasteiger partial charge in [-0.1, -0.05) is 50.1 Å². The molecule has 0 fully saturated rings. The van der Waals surface area contributed by atoms with Crippen LogP contribution in [0.3, 0.4) is 0 Å². The monoisotopic (exact) mass is 473 g/mol. The van der Waals surface area contributed by atoms with E-state index in [0.29, 0.717) is 35.7 Å². The van der Waals surface area contributed by atoms with E-state index < -0.39 is 0 Å². The van der Waals surface area contributed by atoms with Gasteiger partial charge in [0.2, 0.25) is 0 Å². The average molecular weight is 474 g/mol. The molecule has 4 N–H and O–H groups in total. The first-order chi connectivity index (χ1) is 16.9. The second-order valence-corrected chi connectivity index (χ2v) is 8.29. The van der Waals surface area contributed by atoms with Gasteiger partial charge < -0.3 is 21.3 Å². The molecule has 3 aromatic rings. The number of nitrogens with two attached hydrogens (primary N) is 1. The van der Waals surface area contributed by atoms with Gasteiger partial charge in [0, 0.05) is 30.5 Å². The lowest BCUT2D eigenvalue weighted by atomic mass is 10.1. The molecule has 182 valence electrons. The Morgan fingerprint density at radius 3 is 2.46 bits per heavy atom. The Hall–Kier alpha value is -4.20. The number of carbonyl (C=O) groups excluding carboxylic acids is 3. The molecule has 0 bridgehead atoms. The lowest BCUT2D eigenvalue weighted by Crippen LogP contribution is -2.35. The summed E-state index contributed by atoms with van der Waals surface area (Å²) in [5.74, 6) is -0.427. The number of nitrogen functional groups attached to an aromatic ring is 1. The van der Waals surface area contributed by atoms with E-state index >= 15 is 0 Å². The van der Waals surface area contributed by atoms with Crippen molar-refractivity contribution in [1.82, 2.24) is 9.88 Å². The molecule has 1 heterocycles. The summed E-state index contributed by atoms with van der Waals surface area (Å²) in [5, 5.41) is 5.64. The van der Waals surface area contributed by atoms with Crippen LogP contribution in [0.4, 0.5) is 21.9 Å². The molecule has 1 aromatic heterocycles. The number of rotatable bonds is 10. The number of Topliss-reactive ketones (excluding diaryl/α,β-unsaturated/α-hetero) is 1. The first-order valence-electron chi connectivity index (χ1n) is 11.6. The van der Waals surface area contributed by atoms with Gasteiger partial charge in [-0.2, -0.15) is 0 Å². The van der Waals surface area contributed by atoms with Crippen LogP contribution >= 0.6 is 0 Å². The summed E-state index contributed by atoms with van der Waals surface area (Å²) in [6.45, 7) is 4.50. The highest BCUT2D eigenvalue weighted by Crippen LogP contribution is 2.18. The van der Waals surface area contributed by atoms with Gasteiger partial charge in [-0.3, -0.25) is 14.6 Å². The van der Waals surface area contributed by atoms with Crippen LogP contribution in [-0.2, 0) is 6.54 Å². The lowest BCUT2D eigenvalue weighted by Gasteiger charge is -2.23. The van der Waals surface area contributed by atoms with E-state index in [-0.39, 0.29) is 23.4 Å². The molecule has 3 amide bonds. The van der Waals surface area contributed by atoms with Gasteiger partial charge >= 0.3 is 6.03 Å². The molecule has 35 heavy (non-hydrogen) atoms. The lowest BCUT2D eigenvalue weighted by molar-refractivity contribution is 0.101. The zero-order valence-electron chi connectivity index (χ0n) is 20.1. The van der Waals surface area contributed by atoms with Crippen LogP contribution < -0.4 is 16.4 Å². The number of anilines is 3. The van der Waals surface area contributed by atoms with Gasteiger partial charge in [0.05, 0.1) is 11.4 Å². The quantitative estimate of drug-likeness (QED) is 0.209. The number of carbonyl (C=O) groups is 3. The number of unbranched alkanes of at least 4 members (excludes halogenated alkanes) is 2. The number of nitrogens with zero attached hydrogens (tertiary/aromatic N) is 2. The zero-order chi connectivity index (χ0) is 25.2. The second-order valence-electron chi connectivity index (χ2n) is 8.29. The van der Waals surface area contributed by atoms with Crippen molar-refractivity contribution in [2.75, 3.05) is 22.9 Å². The summed E-state index contributed by atoms with van der Waals surface area (Å²) in [7, 11) is 0. The third kappa shape index (κ3) is 7.40. The normalized spacial score (nSPS) is 10.5. The van der Waals surface area contributed by atoms with E-state index in [2.05, 4.69) is 22.5 Å². The number of hydrogen-bond donors (Lipinski definition) is 3. The molecule has 0 spiro atoms. The molecule has 0 atom stereocenters. The van der Waals surface area contributed by atoms with Gasteiger partial charge in [0.1, 0.15) is 5.69 Å². The molecule has 0 saturated carbocycles. The van der Waals surface area contributed by atoms with Crippen LogP contribution in [0, 0.1) is 0 Å². The first kappa shape index (κ1) is 25.4. The van der Waals surface area contributed by atoms with Crippen molar-refractivity contribution >= 4 is 34.8 Å². The topological polar surface area (TPSA) is 117 Å². The number of pyridine rings is 1. The molecular formula is C27H31N5O3. The van der Waals surface area contributed by atoms with E-state index in [0.717, 1.165) is 24.8 Å². The summed E-state index contributed by atoms with van der Waals surface area (Å²) in [4.78, 5) is 43.2. The minimum atomic E-state index is -0.364. The highest BCUT2D eigenvalue weighted by Gasteiger charge is 2.16. The molecule has 8 heteroatoms. The first-order valence-corrected chi connectivity index (χ1v) is 11.6. The summed E-state index contributed by atoms with van der Waals surface area (Å²) < 4.78 is 0. The SMILES string of the molecule is CCCCCN(Cc1ccc(C(=O)Nc2ccccc2N)nc1)C(=O)Nc1cccc(C(C)=O)c1. The van der Waals surface area contributed by atoms with Crippen LogP contribution in [0.1, 0.15) is 59.5 Å². The smallest absolute Gasteiger partial charge is 0.322 e. The van der Waals surface area contributed by atoms with Crippen LogP contribution in [0.2, 0.25) is 0 Å². The molecule has 0 unspecified atom stereocenters. The Bertz CT molecular complexity index is 1180. The minimum absolute atomic E-state index is 0.0638. The fourth-order valence-electron chi connectivity index (χ4n) is 3.49. The molecule has 0 aliphatic carbocycles. The van der Waals surface area contributed by atoms with E-state index in [1.165, 1.54) is 6.92 Å². The number of amides is 3. The largest absolute Gasteiger partial charge is 0.397 e. The predicted molar refractivity (Wildman–Crippen MR) is 138 cm³/mol. The van der Waals surface area contributed by atoms with Crippen LogP contribution in [0.25, 0.3) is 0 Å². The molecule has 8 nitrogen and oxygen atoms in total. The van der Waals surface area contributed by atoms with E-state index in [1.807, 2.05) is 0 Å². The van der Waals surface area contributed by atoms with Crippen molar-refractivity contribution in [1.29, 1.82) is 0 Å². The van der Waals surface area contributed by atoms with Crippen molar-refractivity contribution in [3.05, 3.63) is 83.7 Å². The molecular weight excluding hydrogens is 442 g/mol. The van der Waals surface area contributed by atoms with Crippen LogP contribution in [-0.4, -0.2) is 34.2 Å². The molecule has 3 rings (SSSR count). The Labute approximate surface area is 205 Å². The summed E-state index contributed by atoms with van der Waals surface area (Å²) in [6, 6.07) is 17.0. The van der Waals surface area contributed by atoms with Gasteiger partial charge in [-0.05, 0) is 49.2 Å². The molecule has 0 aliphatic rings. The molecule has 2 aromatic carbocycles. The third-order valence-electron chi connectivity index (χ3n) is 5.48. The Balaban J connectivity index is 1.68. The Morgan fingerprint density at radius 1 is 0.971 bits per heavy atom. The standard InChI is InChI=1S/C27H31N5O3/c1-3-4-7-15-32(27(35)30-22-10-8-9-21(16-22)19(2)33)18-20-13-14-25(29-17-20)26(34)31-24-12-6-5-11-23(24)28/h5-6,8-14,16-17H,3-4,7,15,18,28H2,1-2H3,(H,30,35)(H,31,34). The van der Waals surface area contributed by atoms with Crippen molar-refractivity contribution in [2.45, 2.75) is 39.7 Å². The summed E-state index contributed by atoms with van der Waals surface area (Å²) >= 11 is 0. The van der Waals surface area contributed by atoms with Crippen molar-refractivity contribution in [3.63, 3.8) is 0 Å². The number of nitrogens with one attached hydrogen (secondary N) is 2. The van der Waals surface area contributed by atoms with Crippen LogP contribution in [0.15, 0.2) is 66.9 Å². The van der Waals surface area contributed by atoms with E-state index in [4.69, 9.17) is 5.73 Å². The molecule has 0 radical (unpaired) electrons. The minimum Gasteiger partial charge on any atom is -0.397 e. The number of ketones is 1. The highest BCUT2D eigenvalue weighted by molar-refractivity contribution is 6.04. The third-order valence-corrected chi connectivity index (χ3v) is 5.48. The average Bonchev–Trinajstić information content (AvgIpc) is 2.85. The number of aromatic nitrogens is 1. The number of para-hydroxylation sites is 2. The van der Waals surface area contributed by atoms with Crippen molar-refractivity contribution in [3.8, 4) is 0 Å². The second kappa shape index (κ2) is 12.3. The summed E-state index contributed by atoms with van der Waals surface area (Å²) in [6.07, 6.45) is 4.50.